The summed E-state index contributed by atoms with van der Waals surface area (Å²) < 4.78 is 0. The Morgan fingerprint density at radius 2 is 0.862 bits per heavy atom. The predicted octanol–water partition coefficient (Wildman–Crippen LogP) is 15.3. The summed E-state index contributed by atoms with van der Waals surface area (Å²) in [5, 5.41) is 0. The molecule has 0 heteroatoms. The molecular formula is C58H50. The summed E-state index contributed by atoms with van der Waals surface area (Å²) in [6, 6.07) is 70.5. The van der Waals surface area contributed by atoms with E-state index in [9.17, 15) is 0 Å². The fourth-order valence-corrected chi connectivity index (χ4v) is 10.4. The Bertz CT molecular complexity index is 2790. The van der Waals surface area contributed by atoms with Crippen LogP contribution in [0.5, 0.6) is 0 Å². The molecule has 0 nitrogen and oxygen atoms in total. The second-order valence-electron chi connectivity index (χ2n) is 17.6. The zero-order chi connectivity index (χ0) is 39.4. The van der Waals surface area contributed by atoms with E-state index in [-0.39, 0.29) is 10.8 Å². The molecule has 0 N–H and O–H groups in total. The molecule has 8 aromatic carbocycles. The van der Waals surface area contributed by atoms with E-state index in [4.69, 9.17) is 0 Å². The van der Waals surface area contributed by atoms with Crippen molar-refractivity contribution in [1.29, 1.82) is 0 Å². The molecule has 0 amide bonds. The lowest BCUT2D eigenvalue weighted by molar-refractivity contribution is 0.616. The molecule has 0 aliphatic heterocycles. The van der Waals surface area contributed by atoms with Gasteiger partial charge in [-0.2, -0.15) is 0 Å². The summed E-state index contributed by atoms with van der Waals surface area (Å²) in [5.74, 6) is 0.345. The fraction of sp³-hybridized carbons (Fsp3) is 0.172. The van der Waals surface area contributed by atoms with Crippen molar-refractivity contribution in [2.75, 3.05) is 0 Å². The van der Waals surface area contributed by atoms with E-state index < -0.39 is 0 Å². The molecule has 2 aliphatic carbocycles. The van der Waals surface area contributed by atoms with Gasteiger partial charge < -0.3 is 0 Å². The smallest absolute Gasteiger partial charge is 0.0165 e. The van der Waals surface area contributed by atoms with Crippen LogP contribution in [0, 0.1) is 0 Å². The van der Waals surface area contributed by atoms with Gasteiger partial charge in [0.1, 0.15) is 0 Å². The number of hydrogen-bond acceptors (Lipinski definition) is 0. The molecule has 2 aliphatic rings. The Hall–Kier alpha value is -6.24. The van der Waals surface area contributed by atoms with Crippen LogP contribution >= 0.6 is 0 Å². The van der Waals surface area contributed by atoms with Crippen LogP contribution in [-0.4, -0.2) is 0 Å². The maximum Gasteiger partial charge on any atom is 0.0165 e. The third-order valence-corrected chi connectivity index (χ3v) is 13.4. The molecule has 0 radical (unpaired) electrons. The van der Waals surface area contributed by atoms with Crippen molar-refractivity contribution >= 4 is 0 Å². The van der Waals surface area contributed by atoms with Crippen molar-refractivity contribution in [2.24, 2.45) is 0 Å². The van der Waals surface area contributed by atoms with E-state index >= 15 is 0 Å². The van der Waals surface area contributed by atoms with Gasteiger partial charge in [0.25, 0.3) is 0 Å². The first-order chi connectivity index (χ1) is 28.3. The summed E-state index contributed by atoms with van der Waals surface area (Å²) >= 11 is 0. The van der Waals surface area contributed by atoms with Crippen LogP contribution in [0.15, 0.2) is 188 Å². The maximum absolute atomic E-state index is 2.54. The molecule has 8 aromatic rings. The average molecular weight is 747 g/mol. The lowest BCUT2D eigenvalue weighted by atomic mass is 9.77. The summed E-state index contributed by atoms with van der Waals surface area (Å²) in [6.45, 7) is 9.65. The number of hydrogen-bond donors (Lipinski definition) is 0. The minimum atomic E-state index is -0.144. The lowest BCUT2D eigenvalue weighted by Gasteiger charge is -2.26. The van der Waals surface area contributed by atoms with Crippen LogP contribution in [0.25, 0.3) is 55.6 Å². The second kappa shape index (κ2) is 14.3. The SMILES string of the molecule is CC1(C)c2ccccc2-c2ccc(CC(CCc3ccc4c(c3)C(C)(C)c3c(-c5ccccc5)cc(-c5ccccc5)cc3-4)c3ccccc3-c3ccccc3)cc21. The van der Waals surface area contributed by atoms with Gasteiger partial charge in [0, 0.05) is 10.8 Å². The van der Waals surface area contributed by atoms with E-state index in [1.807, 2.05) is 0 Å². The minimum absolute atomic E-state index is 0.0174. The average Bonchev–Trinajstić information content (AvgIpc) is 3.64. The summed E-state index contributed by atoms with van der Waals surface area (Å²) in [4.78, 5) is 0. The van der Waals surface area contributed by atoms with Gasteiger partial charge >= 0.3 is 0 Å². The Labute approximate surface area is 344 Å². The van der Waals surface area contributed by atoms with E-state index in [2.05, 4.69) is 216 Å². The van der Waals surface area contributed by atoms with Gasteiger partial charge in [0.2, 0.25) is 0 Å². The third kappa shape index (κ3) is 6.14. The largest absolute Gasteiger partial charge is 0.0622 e. The quantitative estimate of drug-likeness (QED) is 0.138. The number of rotatable bonds is 9. The highest BCUT2D eigenvalue weighted by atomic mass is 14.4. The fourth-order valence-electron chi connectivity index (χ4n) is 10.4. The molecule has 0 saturated heterocycles. The molecule has 0 heterocycles. The van der Waals surface area contributed by atoms with Gasteiger partial charge in [-0.25, -0.2) is 0 Å². The lowest BCUT2D eigenvalue weighted by Crippen LogP contribution is -2.17. The normalized spacial score (nSPS) is 14.6. The Morgan fingerprint density at radius 3 is 1.57 bits per heavy atom. The summed E-state index contributed by atoms with van der Waals surface area (Å²) in [6.07, 6.45) is 3.06. The van der Waals surface area contributed by atoms with Crippen LogP contribution in [0.4, 0.5) is 0 Å². The van der Waals surface area contributed by atoms with Gasteiger partial charge in [-0.1, -0.05) is 204 Å². The van der Waals surface area contributed by atoms with E-state index in [0.29, 0.717) is 5.92 Å². The van der Waals surface area contributed by atoms with Gasteiger partial charge in [-0.05, 0) is 132 Å². The first kappa shape index (κ1) is 36.1. The van der Waals surface area contributed by atoms with Gasteiger partial charge in [-0.15, -0.1) is 0 Å². The first-order valence-corrected chi connectivity index (χ1v) is 21.1. The van der Waals surface area contributed by atoms with Gasteiger partial charge in [0.05, 0.1) is 0 Å². The summed E-state index contributed by atoms with van der Waals surface area (Å²) in [7, 11) is 0. The Kier molecular flexibility index (Phi) is 8.90. The van der Waals surface area contributed by atoms with Crippen molar-refractivity contribution in [3.05, 3.63) is 227 Å². The second-order valence-corrected chi connectivity index (χ2v) is 17.6. The molecule has 282 valence electrons. The molecule has 0 saturated carbocycles. The molecule has 0 spiro atoms. The topological polar surface area (TPSA) is 0 Å². The van der Waals surface area contributed by atoms with Crippen molar-refractivity contribution in [3.8, 4) is 55.6 Å². The Balaban J connectivity index is 1.02. The zero-order valence-corrected chi connectivity index (χ0v) is 34.1. The van der Waals surface area contributed by atoms with Gasteiger partial charge in [0.15, 0.2) is 0 Å². The number of aryl methyl sites for hydroxylation is 1. The zero-order valence-electron chi connectivity index (χ0n) is 34.1. The monoisotopic (exact) mass is 746 g/mol. The molecule has 1 atom stereocenters. The molecule has 0 aromatic heterocycles. The molecule has 58 heavy (non-hydrogen) atoms. The van der Waals surface area contributed by atoms with Crippen molar-refractivity contribution in [2.45, 2.75) is 63.7 Å². The van der Waals surface area contributed by atoms with Crippen LogP contribution < -0.4 is 0 Å². The van der Waals surface area contributed by atoms with Crippen LogP contribution in [0.2, 0.25) is 0 Å². The molecule has 10 rings (SSSR count). The van der Waals surface area contributed by atoms with E-state index in [0.717, 1.165) is 19.3 Å². The van der Waals surface area contributed by atoms with Crippen molar-refractivity contribution < 1.29 is 0 Å². The van der Waals surface area contributed by atoms with Crippen LogP contribution in [0.3, 0.4) is 0 Å². The summed E-state index contributed by atoms with van der Waals surface area (Å²) in [5.41, 5.74) is 23.1. The van der Waals surface area contributed by atoms with E-state index in [1.54, 1.807) is 0 Å². The highest BCUT2D eigenvalue weighted by Crippen LogP contribution is 2.54. The molecule has 0 fully saturated rings. The number of benzene rings is 8. The van der Waals surface area contributed by atoms with Crippen LogP contribution in [-0.2, 0) is 23.7 Å². The van der Waals surface area contributed by atoms with Crippen molar-refractivity contribution in [3.63, 3.8) is 0 Å². The first-order valence-electron chi connectivity index (χ1n) is 21.1. The predicted molar refractivity (Wildman–Crippen MR) is 246 cm³/mol. The van der Waals surface area contributed by atoms with Crippen molar-refractivity contribution in [1.82, 2.24) is 0 Å². The molecule has 1 unspecified atom stereocenters. The van der Waals surface area contributed by atoms with E-state index in [1.165, 1.54) is 94.6 Å². The third-order valence-electron chi connectivity index (χ3n) is 13.4. The molecule has 0 bridgehead atoms. The highest BCUT2D eigenvalue weighted by molar-refractivity contribution is 5.92. The molecular weight excluding hydrogens is 697 g/mol. The maximum atomic E-state index is 2.54. The standard InChI is InChI=1S/C58H50/c1-57(2)53-27-17-16-26-48(53)49-33-30-40(36-54(49)57)34-44(47-25-15-14-24-46(47)42-20-10-6-11-21-42)31-28-39-29-32-50-52-38-45(41-18-8-5-9-19-41)37-51(43-22-12-7-13-23-43)56(52)58(3,4)55(50)35-39/h5-27,29-30,32-33,35-38,44H,28,31,34H2,1-4H3. The Morgan fingerprint density at radius 1 is 0.362 bits per heavy atom. The van der Waals surface area contributed by atoms with Gasteiger partial charge in [-0.3, -0.25) is 0 Å². The van der Waals surface area contributed by atoms with Crippen LogP contribution in [0.1, 0.15) is 79.0 Å². The highest BCUT2D eigenvalue weighted by Gasteiger charge is 2.39. The minimum Gasteiger partial charge on any atom is -0.0622 e. The number of fused-ring (bicyclic) bond motifs is 6.